The Morgan fingerprint density at radius 2 is 1.16 bits per heavy atom. The summed E-state index contributed by atoms with van der Waals surface area (Å²) in [5.41, 5.74) is 0. The molecule has 1 heterocycles. The van der Waals surface area contributed by atoms with E-state index in [9.17, 15) is 4.57 Å². The number of rotatable bonds is 19. The number of phosphoric acid groups is 1. The van der Waals surface area contributed by atoms with E-state index in [4.69, 9.17) is 4.89 Å². The van der Waals surface area contributed by atoms with Gasteiger partial charge in [-0.3, -0.25) is 9.05 Å². The number of hydrogen-bond acceptors (Lipinski definition) is 5. The normalized spacial score (nSPS) is 13.6. The maximum atomic E-state index is 10.5. The van der Waals surface area contributed by atoms with Gasteiger partial charge in [0.15, 0.2) is 0 Å². The predicted octanol–water partition coefficient (Wildman–Crippen LogP) is 7.30. The zero-order valence-corrected chi connectivity index (χ0v) is 21.8. The fraction of sp³-hybridized carbons (Fsp3) is 0.917. The third-order valence-electron chi connectivity index (χ3n) is 5.32. The molecule has 31 heavy (non-hydrogen) atoms. The van der Waals surface area contributed by atoms with Crippen molar-refractivity contribution >= 4 is 7.82 Å². The lowest BCUT2D eigenvalue weighted by Gasteiger charge is -2.17. The maximum Gasteiger partial charge on any atom is 0.472 e. The van der Waals surface area contributed by atoms with Gasteiger partial charge in [-0.15, -0.1) is 0 Å². The summed E-state index contributed by atoms with van der Waals surface area (Å²) in [6, 6.07) is 0. The molecule has 1 rings (SSSR count). The third kappa shape index (κ3) is 21.1. The van der Waals surface area contributed by atoms with Crippen molar-refractivity contribution in [3.63, 3.8) is 0 Å². The van der Waals surface area contributed by atoms with Gasteiger partial charge in [0.1, 0.15) is 0 Å². The highest BCUT2D eigenvalue weighted by Gasteiger charge is 2.17. The van der Waals surface area contributed by atoms with Gasteiger partial charge in [0.2, 0.25) is 0 Å². The van der Waals surface area contributed by atoms with Crippen LogP contribution in [0, 0.1) is 0 Å². The summed E-state index contributed by atoms with van der Waals surface area (Å²) in [6.07, 6.45) is 24.6. The van der Waals surface area contributed by atoms with Crippen molar-refractivity contribution in [2.45, 2.75) is 111 Å². The Morgan fingerprint density at radius 3 is 1.52 bits per heavy atom. The Labute approximate surface area is 193 Å². The number of hydrogen-bond donors (Lipinski definition) is 1. The van der Waals surface area contributed by atoms with Crippen LogP contribution in [0.2, 0.25) is 0 Å². The lowest BCUT2D eigenvalue weighted by atomic mass is 10.0. The minimum Gasteiger partial charge on any atom is -0.362 e. The molecule has 0 atom stereocenters. The van der Waals surface area contributed by atoms with Gasteiger partial charge in [0.25, 0.3) is 0 Å². The Morgan fingerprint density at radius 1 is 0.742 bits per heavy atom. The molecule has 0 aromatic heterocycles. The molecule has 0 saturated carbocycles. The molecule has 6 nitrogen and oxygen atoms in total. The largest absolute Gasteiger partial charge is 0.472 e. The first-order valence-corrected chi connectivity index (χ1v) is 14.2. The zero-order valence-electron chi connectivity index (χ0n) is 20.9. The van der Waals surface area contributed by atoms with Crippen molar-refractivity contribution in [2.75, 3.05) is 33.5 Å². The predicted molar refractivity (Wildman–Crippen MR) is 132 cm³/mol. The van der Waals surface area contributed by atoms with E-state index in [0.717, 1.165) is 6.67 Å². The monoisotopic (exact) mass is 462 g/mol. The van der Waals surface area contributed by atoms with Crippen LogP contribution in [0.3, 0.4) is 0 Å². The number of nitrogens with zero attached hydrogens (tertiary/aromatic N) is 2. The average molecular weight is 463 g/mol. The quantitative estimate of drug-likeness (QED) is 0.160. The number of phosphoric ester groups is 1. The summed E-state index contributed by atoms with van der Waals surface area (Å²) < 4.78 is 19.2. The van der Waals surface area contributed by atoms with Crippen molar-refractivity contribution in [2.24, 2.45) is 0 Å². The SMILES string of the molecule is CCCCCCCCCCCCCCCCN1C=CN(C)C1.CCOP(=O)(O)OCC. The first kappa shape index (κ1) is 30.4. The van der Waals surface area contributed by atoms with Gasteiger partial charge in [-0.25, -0.2) is 4.57 Å². The smallest absolute Gasteiger partial charge is 0.362 e. The highest BCUT2D eigenvalue weighted by molar-refractivity contribution is 7.47. The fourth-order valence-electron chi connectivity index (χ4n) is 3.61. The van der Waals surface area contributed by atoms with Crippen LogP contribution >= 0.6 is 7.82 Å². The van der Waals surface area contributed by atoms with Gasteiger partial charge in [0, 0.05) is 26.0 Å². The molecule has 0 aromatic carbocycles. The van der Waals surface area contributed by atoms with Crippen molar-refractivity contribution < 1.29 is 18.5 Å². The van der Waals surface area contributed by atoms with E-state index in [0.29, 0.717) is 0 Å². The molecule has 1 N–H and O–H groups in total. The van der Waals surface area contributed by atoms with Crippen LogP contribution in [0.4, 0.5) is 0 Å². The molecule has 0 amide bonds. The van der Waals surface area contributed by atoms with Gasteiger partial charge in [-0.05, 0) is 20.3 Å². The first-order valence-electron chi connectivity index (χ1n) is 12.7. The lowest BCUT2D eigenvalue weighted by Crippen LogP contribution is -2.23. The van der Waals surface area contributed by atoms with Crippen LogP contribution in [-0.2, 0) is 13.6 Å². The van der Waals surface area contributed by atoms with Crippen molar-refractivity contribution in [1.82, 2.24) is 9.80 Å². The van der Waals surface area contributed by atoms with Crippen LogP contribution < -0.4 is 0 Å². The van der Waals surface area contributed by atoms with Gasteiger partial charge in [-0.2, -0.15) is 0 Å². The summed E-state index contributed by atoms with van der Waals surface area (Å²) in [7, 11) is -1.55. The Bertz CT molecular complexity index is 453. The van der Waals surface area contributed by atoms with Crippen LogP contribution in [0.15, 0.2) is 12.4 Å². The summed E-state index contributed by atoms with van der Waals surface area (Å²) in [5, 5.41) is 0. The molecule has 186 valence electrons. The van der Waals surface area contributed by atoms with E-state index in [1.54, 1.807) is 13.8 Å². The molecule has 0 aromatic rings. The fourth-order valence-corrected chi connectivity index (χ4v) is 4.33. The van der Waals surface area contributed by atoms with E-state index >= 15 is 0 Å². The molecule has 0 spiro atoms. The Hall–Kier alpha value is -0.550. The van der Waals surface area contributed by atoms with Crippen LogP contribution in [0.25, 0.3) is 0 Å². The minimum absolute atomic E-state index is 0.188. The van der Waals surface area contributed by atoms with Crippen molar-refractivity contribution in [3.05, 3.63) is 12.4 Å². The Balaban J connectivity index is 0.000000842. The zero-order chi connectivity index (χ0) is 23.2. The standard InChI is InChI=1S/C20H40N2.C4H11O4P/c1-3-4-5-6-7-8-9-10-11-12-13-14-15-16-17-22-19-18-21(2)20-22;1-3-7-9(5,6)8-4-2/h18-19H,3-17,20H2,1-2H3;3-4H2,1-2H3,(H,5,6). The molecule has 7 heteroatoms. The molecule has 0 saturated heterocycles. The number of unbranched alkanes of at least 4 members (excludes halogenated alkanes) is 13. The van der Waals surface area contributed by atoms with Crippen molar-refractivity contribution in [1.29, 1.82) is 0 Å². The molecule has 0 aliphatic carbocycles. The van der Waals surface area contributed by atoms with Gasteiger partial charge < -0.3 is 14.7 Å². The summed E-state index contributed by atoms with van der Waals surface area (Å²) in [6.45, 7) is 8.24. The molecule has 0 bridgehead atoms. The van der Waals surface area contributed by atoms with E-state index < -0.39 is 7.82 Å². The lowest BCUT2D eigenvalue weighted by molar-refractivity contribution is 0.161. The molecule has 1 aliphatic heterocycles. The molecular formula is C24H51N2O4P. The van der Waals surface area contributed by atoms with E-state index in [-0.39, 0.29) is 13.2 Å². The molecule has 0 fully saturated rings. The second-order valence-corrected chi connectivity index (χ2v) is 9.86. The molecular weight excluding hydrogens is 411 g/mol. The minimum atomic E-state index is -3.69. The van der Waals surface area contributed by atoms with Crippen LogP contribution in [0.5, 0.6) is 0 Å². The second kappa shape index (κ2) is 21.3. The average Bonchev–Trinajstić information content (AvgIpc) is 3.13. The maximum absolute atomic E-state index is 10.5. The summed E-state index contributed by atoms with van der Waals surface area (Å²) in [5.74, 6) is 0. The summed E-state index contributed by atoms with van der Waals surface area (Å²) in [4.78, 5) is 13.3. The third-order valence-corrected chi connectivity index (χ3v) is 6.49. The topological polar surface area (TPSA) is 62.2 Å². The van der Waals surface area contributed by atoms with Gasteiger partial charge in [0.05, 0.1) is 19.9 Å². The molecule has 0 radical (unpaired) electrons. The molecule has 1 aliphatic rings. The second-order valence-electron chi connectivity index (χ2n) is 8.41. The van der Waals surface area contributed by atoms with Gasteiger partial charge in [-0.1, -0.05) is 90.4 Å². The van der Waals surface area contributed by atoms with Crippen LogP contribution in [-0.4, -0.2) is 48.2 Å². The Kier molecular flexibility index (Phi) is 20.9. The first-order chi connectivity index (χ1) is 14.9. The molecule has 0 unspecified atom stereocenters. The highest BCUT2D eigenvalue weighted by Crippen LogP contribution is 2.42. The van der Waals surface area contributed by atoms with E-state index in [1.165, 1.54) is 96.4 Å². The van der Waals surface area contributed by atoms with E-state index in [1.807, 2.05) is 0 Å². The van der Waals surface area contributed by atoms with Crippen LogP contribution in [0.1, 0.15) is 111 Å². The van der Waals surface area contributed by atoms with E-state index in [2.05, 4.69) is 45.2 Å². The summed E-state index contributed by atoms with van der Waals surface area (Å²) >= 11 is 0. The highest BCUT2D eigenvalue weighted by atomic mass is 31.2. The van der Waals surface area contributed by atoms with Gasteiger partial charge >= 0.3 is 7.82 Å². The van der Waals surface area contributed by atoms with Crippen molar-refractivity contribution in [3.8, 4) is 0 Å².